The zero-order valence-corrected chi connectivity index (χ0v) is 9.92. The fourth-order valence-corrected chi connectivity index (χ4v) is 4.63. The third-order valence-corrected chi connectivity index (χ3v) is 5.41. The Hall–Kier alpha value is -0.610. The molecule has 2 heterocycles. The minimum atomic E-state index is -0.259. The highest BCUT2D eigenvalue weighted by Crippen LogP contribution is 2.55. The molecule has 4 fully saturated rings. The van der Waals surface area contributed by atoms with Crippen LogP contribution in [0.5, 0.6) is 0 Å². The highest BCUT2D eigenvalue weighted by atomic mass is 16.5. The summed E-state index contributed by atoms with van der Waals surface area (Å²) in [5.41, 5.74) is 0. The van der Waals surface area contributed by atoms with Gasteiger partial charge in [0.1, 0.15) is 0 Å². The number of carbonyl (C=O) groups is 1. The Bertz CT molecular complexity index is 351. The lowest BCUT2D eigenvalue weighted by Crippen LogP contribution is -2.46. The molecule has 0 spiro atoms. The van der Waals surface area contributed by atoms with E-state index >= 15 is 0 Å². The molecule has 0 aromatic heterocycles. The number of nitrogens with zero attached hydrogens (tertiary/aromatic N) is 1. The number of carbonyl (C=O) groups excluding carboxylic acids is 1. The monoisotopic (exact) mass is 237 g/mol. The normalized spacial score (nSPS) is 51.5. The number of aliphatic hydroxyl groups is 1. The smallest absolute Gasteiger partial charge is 0.228 e. The molecule has 2 aliphatic heterocycles. The summed E-state index contributed by atoms with van der Waals surface area (Å²) < 4.78 is 5.30. The van der Waals surface area contributed by atoms with Crippen LogP contribution in [0.2, 0.25) is 0 Å². The molecule has 4 rings (SSSR count). The van der Waals surface area contributed by atoms with Crippen LogP contribution in [0.1, 0.15) is 19.3 Å². The first kappa shape index (κ1) is 10.3. The molecule has 2 saturated heterocycles. The zero-order chi connectivity index (χ0) is 11.6. The lowest BCUT2D eigenvalue weighted by atomic mass is 9.88. The van der Waals surface area contributed by atoms with E-state index in [0.29, 0.717) is 31.0 Å². The Kier molecular flexibility index (Phi) is 2.10. The van der Waals surface area contributed by atoms with Crippen molar-refractivity contribution in [1.82, 2.24) is 4.90 Å². The van der Waals surface area contributed by atoms with Gasteiger partial charge in [-0.2, -0.15) is 0 Å². The van der Waals surface area contributed by atoms with E-state index in [4.69, 9.17) is 4.74 Å². The summed E-state index contributed by atoms with van der Waals surface area (Å²) in [6, 6.07) is 0.131. The highest BCUT2D eigenvalue weighted by molar-refractivity contribution is 5.80. The van der Waals surface area contributed by atoms with Crippen molar-refractivity contribution in [3.05, 3.63) is 0 Å². The number of amides is 1. The zero-order valence-electron chi connectivity index (χ0n) is 9.92. The fraction of sp³-hybridized carbons (Fsp3) is 0.923. The van der Waals surface area contributed by atoms with Crippen LogP contribution in [0.3, 0.4) is 0 Å². The minimum absolute atomic E-state index is 0.0544. The Balaban J connectivity index is 1.57. The Morgan fingerprint density at radius 3 is 2.88 bits per heavy atom. The first-order valence-electron chi connectivity index (χ1n) is 6.82. The molecular formula is C13H19NO3. The number of likely N-dealkylation sites (tertiary alicyclic amines) is 1. The first-order valence-corrected chi connectivity index (χ1v) is 6.82. The van der Waals surface area contributed by atoms with Gasteiger partial charge >= 0.3 is 0 Å². The van der Waals surface area contributed by atoms with Gasteiger partial charge in [0.25, 0.3) is 0 Å². The SMILES string of the molecule is O=C(C1CCOC1)N1CC2CC3CC2C1C3O. The van der Waals surface area contributed by atoms with Crippen LogP contribution in [0.25, 0.3) is 0 Å². The maximum atomic E-state index is 12.4. The second-order valence-electron chi connectivity index (χ2n) is 6.19. The van der Waals surface area contributed by atoms with E-state index in [-0.39, 0.29) is 24.0 Å². The van der Waals surface area contributed by atoms with Crippen LogP contribution in [0.15, 0.2) is 0 Å². The van der Waals surface area contributed by atoms with Gasteiger partial charge in [0.05, 0.1) is 24.7 Å². The molecule has 1 amide bonds. The van der Waals surface area contributed by atoms with Gasteiger partial charge in [-0.05, 0) is 37.0 Å². The predicted molar refractivity (Wildman–Crippen MR) is 60.1 cm³/mol. The Labute approximate surface area is 101 Å². The molecule has 2 bridgehead atoms. The minimum Gasteiger partial charge on any atom is -0.391 e. The second-order valence-corrected chi connectivity index (χ2v) is 6.19. The largest absolute Gasteiger partial charge is 0.391 e. The molecule has 0 radical (unpaired) electrons. The molecule has 6 atom stereocenters. The topological polar surface area (TPSA) is 49.8 Å². The number of aliphatic hydroxyl groups excluding tert-OH is 1. The number of rotatable bonds is 1. The third-order valence-electron chi connectivity index (χ3n) is 5.41. The second kappa shape index (κ2) is 3.45. The maximum absolute atomic E-state index is 12.4. The molecule has 94 valence electrons. The van der Waals surface area contributed by atoms with Gasteiger partial charge in [0.15, 0.2) is 0 Å². The van der Waals surface area contributed by atoms with Gasteiger partial charge in [-0.15, -0.1) is 0 Å². The predicted octanol–water partition coefficient (Wildman–Crippen LogP) is 0.251. The van der Waals surface area contributed by atoms with Crippen LogP contribution in [0, 0.1) is 23.7 Å². The van der Waals surface area contributed by atoms with Crippen molar-refractivity contribution in [3.8, 4) is 0 Å². The summed E-state index contributed by atoms with van der Waals surface area (Å²) in [7, 11) is 0. The molecule has 6 unspecified atom stereocenters. The van der Waals surface area contributed by atoms with E-state index in [0.717, 1.165) is 25.8 Å². The van der Waals surface area contributed by atoms with Crippen molar-refractivity contribution < 1.29 is 14.6 Å². The maximum Gasteiger partial charge on any atom is 0.228 e. The molecule has 4 heteroatoms. The van der Waals surface area contributed by atoms with E-state index in [1.807, 2.05) is 4.90 Å². The summed E-state index contributed by atoms with van der Waals surface area (Å²) in [6.45, 7) is 2.18. The summed E-state index contributed by atoms with van der Waals surface area (Å²) in [4.78, 5) is 14.4. The average Bonchev–Trinajstić information content (AvgIpc) is 3.02. The van der Waals surface area contributed by atoms with Gasteiger partial charge in [0.2, 0.25) is 5.91 Å². The van der Waals surface area contributed by atoms with Crippen molar-refractivity contribution in [2.45, 2.75) is 31.4 Å². The third kappa shape index (κ3) is 1.28. The van der Waals surface area contributed by atoms with Gasteiger partial charge < -0.3 is 14.7 Å². The van der Waals surface area contributed by atoms with E-state index < -0.39 is 0 Å². The average molecular weight is 237 g/mol. The molecule has 2 saturated carbocycles. The fourth-order valence-electron chi connectivity index (χ4n) is 4.63. The van der Waals surface area contributed by atoms with Crippen molar-refractivity contribution in [3.63, 3.8) is 0 Å². The van der Waals surface area contributed by atoms with Gasteiger partial charge in [-0.25, -0.2) is 0 Å². The summed E-state index contributed by atoms with van der Waals surface area (Å²) in [5.74, 6) is 2.01. The number of hydrogen-bond acceptors (Lipinski definition) is 3. The summed E-state index contributed by atoms with van der Waals surface area (Å²) in [6.07, 6.45) is 2.87. The van der Waals surface area contributed by atoms with E-state index in [9.17, 15) is 9.90 Å². The van der Waals surface area contributed by atoms with Crippen molar-refractivity contribution in [1.29, 1.82) is 0 Å². The van der Waals surface area contributed by atoms with E-state index in [2.05, 4.69) is 0 Å². The summed E-state index contributed by atoms with van der Waals surface area (Å²) in [5, 5.41) is 10.2. The summed E-state index contributed by atoms with van der Waals surface area (Å²) >= 11 is 0. The van der Waals surface area contributed by atoms with Gasteiger partial charge in [0, 0.05) is 13.2 Å². The van der Waals surface area contributed by atoms with Crippen LogP contribution < -0.4 is 0 Å². The molecule has 17 heavy (non-hydrogen) atoms. The van der Waals surface area contributed by atoms with Crippen LogP contribution in [0.4, 0.5) is 0 Å². The molecule has 0 aromatic rings. The highest BCUT2D eigenvalue weighted by Gasteiger charge is 2.60. The number of ether oxygens (including phenoxy) is 1. The standard InChI is InChI=1S/C13H19NO3/c15-12-8-3-9-5-14(11(12)10(9)4-8)13(16)7-1-2-17-6-7/h7-12,15H,1-6H2. The number of fused-ring (bicyclic) bond motifs is 1. The lowest BCUT2D eigenvalue weighted by molar-refractivity contribution is -0.138. The number of hydrogen-bond donors (Lipinski definition) is 1. The molecule has 0 aromatic carbocycles. The van der Waals surface area contributed by atoms with Gasteiger partial charge in [-0.3, -0.25) is 4.79 Å². The van der Waals surface area contributed by atoms with Crippen molar-refractivity contribution >= 4 is 5.91 Å². The molecule has 4 nitrogen and oxygen atoms in total. The van der Waals surface area contributed by atoms with E-state index in [1.165, 1.54) is 0 Å². The van der Waals surface area contributed by atoms with Crippen LogP contribution >= 0.6 is 0 Å². The van der Waals surface area contributed by atoms with Crippen LogP contribution in [-0.2, 0) is 9.53 Å². The Morgan fingerprint density at radius 2 is 2.18 bits per heavy atom. The lowest BCUT2D eigenvalue weighted by Gasteiger charge is -2.30. The van der Waals surface area contributed by atoms with E-state index in [1.54, 1.807) is 0 Å². The first-order chi connectivity index (χ1) is 8.25. The van der Waals surface area contributed by atoms with Crippen molar-refractivity contribution in [2.75, 3.05) is 19.8 Å². The Morgan fingerprint density at radius 1 is 1.29 bits per heavy atom. The van der Waals surface area contributed by atoms with Crippen molar-refractivity contribution in [2.24, 2.45) is 23.7 Å². The van der Waals surface area contributed by atoms with Crippen LogP contribution in [-0.4, -0.2) is 47.8 Å². The van der Waals surface area contributed by atoms with Gasteiger partial charge in [-0.1, -0.05) is 0 Å². The molecular weight excluding hydrogens is 218 g/mol. The molecule has 4 aliphatic rings. The molecule has 2 aliphatic carbocycles. The quantitative estimate of drug-likeness (QED) is 0.711. The molecule has 1 N–H and O–H groups in total.